The summed E-state index contributed by atoms with van der Waals surface area (Å²) in [7, 11) is 0. The predicted molar refractivity (Wildman–Crippen MR) is 87.3 cm³/mol. The predicted octanol–water partition coefficient (Wildman–Crippen LogP) is 5.38. The van der Waals surface area contributed by atoms with Crippen LogP contribution in [0.1, 0.15) is 0 Å². The van der Waals surface area contributed by atoms with Gasteiger partial charge in [-0.1, -0.05) is 40.9 Å². The van der Waals surface area contributed by atoms with E-state index in [0.717, 1.165) is 4.90 Å². The molecule has 0 atom stereocenters. The summed E-state index contributed by atoms with van der Waals surface area (Å²) in [5, 5.41) is 4.33. The van der Waals surface area contributed by atoms with Crippen molar-refractivity contribution in [1.82, 2.24) is 0 Å². The van der Waals surface area contributed by atoms with Crippen LogP contribution in [0, 0.1) is 0 Å². The van der Waals surface area contributed by atoms with Gasteiger partial charge in [0.2, 0.25) is 5.91 Å². The number of nitrogens with one attached hydrogen (secondary N) is 1. The van der Waals surface area contributed by atoms with Crippen molar-refractivity contribution >= 4 is 58.2 Å². The number of hydrogen-bond acceptors (Lipinski definition) is 2. The Morgan fingerprint density at radius 3 is 2.50 bits per heavy atom. The van der Waals surface area contributed by atoms with Crippen molar-refractivity contribution in [3.05, 3.63) is 57.5 Å². The summed E-state index contributed by atoms with van der Waals surface area (Å²) in [4.78, 5) is 12.8. The van der Waals surface area contributed by atoms with E-state index in [0.29, 0.717) is 20.8 Å². The first-order chi connectivity index (χ1) is 9.54. The number of thioether (sulfide) groups is 1. The lowest BCUT2D eigenvalue weighted by Gasteiger charge is -2.07. The second-order valence-corrected chi connectivity index (χ2v) is 6.25. The van der Waals surface area contributed by atoms with Crippen molar-refractivity contribution in [3.8, 4) is 0 Å². The summed E-state index contributed by atoms with van der Waals surface area (Å²) >= 11 is 19.1. The SMILES string of the molecule is O=C(CSc1cccc(Cl)c1)Nc1ccc(Cl)cc1Cl. The number of benzene rings is 2. The molecule has 6 heteroatoms. The average molecular weight is 347 g/mol. The smallest absolute Gasteiger partial charge is 0.234 e. The largest absolute Gasteiger partial charge is 0.324 e. The van der Waals surface area contributed by atoms with Gasteiger partial charge in [0.15, 0.2) is 0 Å². The maximum absolute atomic E-state index is 11.9. The van der Waals surface area contributed by atoms with E-state index in [1.807, 2.05) is 18.2 Å². The lowest BCUT2D eigenvalue weighted by molar-refractivity contribution is -0.113. The fourth-order valence-corrected chi connectivity index (χ4v) is 2.95. The van der Waals surface area contributed by atoms with Crippen LogP contribution in [0.5, 0.6) is 0 Å². The molecule has 2 aromatic rings. The third-order valence-electron chi connectivity index (χ3n) is 2.37. The average Bonchev–Trinajstić information content (AvgIpc) is 2.40. The lowest BCUT2D eigenvalue weighted by atomic mass is 10.3. The van der Waals surface area contributed by atoms with E-state index >= 15 is 0 Å². The second kappa shape index (κ2) is 7.23. The number of carbonyl (C=O) groups is 1. The lowest BCUT2D eigenvalue weighted by Crippen LogP contribution is -2.14. The van der Waals surface area contributed by atoms with E-state index in [2.05, 4.69) is 5.32 Å². The fraction of sp³-hybridized carbons (Fsp3) is 0.0714. The third-order valence-corrected chi connectivity index (χ3v) is 4.15. The zero-order valence-electron chi connectivity index (χ0n) is 10.2. The number of carbonyl (C=O) groups excluding carboxylic acids is 1. The van der Waals surface area contributed by atoms with Crippen molar-refractivity contribution in [3.63, 3.8) is 0 Å². The molecule has 0 saturated carbocycles. The van der Waals surface area contributed by atoms with E-state index in [4.69, 9.17) is 34.8 Å². The van der Waals surface area contributed by atoms with Crippen LogP contribution in [0.3, 0.4) is 0 Å². The molecule has 2 nitrogen and oxygen atoms in total. The minimum Gasteiger partial charge on any atom is -0.324 e. The Labute approximate surface area is 136 Å². The Balaban J connectivity index is 1.92. The maximum Gasteiger partial charge on any atom is 0.234 e. The van der Waals surface area contributed by atoms with Gasteiger partial charge in [-0.15, -0.1) is 11.8 Å². The van der Waals surface area contributed by atoms with Gasteiger partial charge in [0, 0.05) is 14.9 Å². The fourth-order valence-electron chi connectivity index (χ4n) is 1.48. The molecule has 0 aliphatic rings. The first-order valence-corrected chi connectivity index (χ1v) is 7.80. The van der Waals surface area contributed by atoms with E-state index in [-0.39, 0.29) is 11.7 Å². The molecule has 1 N–H and O–H groups in total. The molecule has 0 aliphatic heterocycles. The highest BCUT2D eigenvalue weighted by atomic mass is 35.5. The number of anilines is 1. The van der Waals surface area contributed by atoms with Crippen molar-refractivity contribution in [2.45, 2.75) is 4.90 Å². The summed E-state index contributed by atoms with van der Waals surface area (Å²) in [6.45, 7) is 0. The highest BCUT2D eigenvalue weighted by molar-refractivity contribution is 8.00. The van der Waals surface area contributed by atoms with Crippen molar-refractivity contribution in [2.75, 3.05) is 11.1 Å². The number of halogens is 3. The van der Waals surface area contributed by atoms with Crippen LogP contribution in [0.15, 0.2) is 47.4 Å². The zero-order chi connectivity index (χ0) is 14.5. The molecule has 0 aliphatic carbocycles. The molecule has 0 heterocycles. The molecule has 0 unspecified atom stereocenters. The molecule has 2 aromatic carbocycles. The molecule has 0 fully saturated rings. The Morgan fingerprint density at radius 1 is 1.05 bits per heavy atom. The molecular formula is C14H10Cl3NOS. The summed E-state index contributed by atoms with van der Waals surface area (Å²) in [5.41, 5.74) is 0.549. The van der Waals surface area contributed by atoms with E-state index in [9.17, 15) is 4.79 Å². The molecule has 0 saturated heterocycles. The van der Waals surface area contributed by atoms with Crippen molar-refractivity contribution in [1.29, 1.82) is 0 Å². The third kappa shape index (κ3) is 4.60. The monoisotopic (exact) mass is 345 g/mol. The van der Waals surface area contributed by atoms with Gasteiger partial charge in [-0.25, -0.2) is 0 Å². The Morgan fingerprint density at radius 2 is 1.80 bits per heavy atom. The van der Waals surface area contributed by atoms with Gasteiger partial charge in [0.05, 0.1) is 16.5 Å². The van der Waals surface area contributed by atoms with Crippen LogP contribution >= 0.6 is 46.6 Å². The number of hydrogen-bond donors (Lipinski definition) is 1. The second-order valence-electron chi connectivity index (χ2n) is 3.92. The first-order valence-electron chi connectivity index (χ1n) is 5.68. The minimum atomic E-state index is -0.140. The molecule has 104 valence electrons. The highest BCUT2D eigenvalue weighted by Crippen LogP contribution is 2.26. The highest BCUT2D eigenvalue weighted by Gasteiger charge is 2.07. The van der Waals surface area contributed by atoms with Crippen LogP contribution < -0.4 is 5.32 Å². The molecular weight excluding hydrogens is 337 g/mol. The summed E-state index contributed by atoms with van der Waals surface area (Å²) < 4.78 is 0. The van der Waals surface area contributed by atoms with Gasteiger partial charge in [-0.3, -0.25) is 4.79 Å². The summed E-state index contributed by atoms with van der Waals surface area (Å²) in [6, 6.07) is 12.3. The molecule has 0 bridgehead atoms. The van der Waals surface area contributed by atoms with Crippen LogP contribution in [-0.4, -0.2) is 11.7 Å². The normalized spacial score (nSPS) is 10.3. The minimum absolute atomic E-state index is 0.140. The Kier molecular flexibility index (Phi) is 5.61. The number of rotatable bonds is 4. The Hall–Kier alpha value is -0.870. The Bertz CT molecular complexity index is 634. The van der Waals surface area contributed by atoms with Gasteiger partial charge in [-0.05, 0) is 36.4 Å². The zero-order valence-corrected chi connectivity index (χ0v) is 13.3. The van der Waals surface area contributed by atoms with Gasteiger partial charge < -0.3 is 5.32 Å². The molecule has 0 spiro atoms. The molecule has 2 rings (SSSR count). The summed E-state index contributed by atoms with van der Waals surface area (Å²) in [6.07, 6.45) is 0. The van der Waals surface area contributed by atoms with E-state index < -0.39 is 0 Å². The van der Waals surface area contributed by atoms with Gasteiger partial charge in [-0.2, -0.15) is 0 Å². The van der Waals surface area contributed by atoms with Crippen LogP contribution in [-0.2, 0) is 4.79 Å². The topological polar surface area (TPSA) is 29.1 Å². The van der Waals surface area contributed by atoms with Crippen molar-refractivity contribution in [2.24, 2.45) is 0 Å². The first kappa shape index (κ1) is 15.5. The van der Waals surface area contributed by atoms with Crippen molar-refractivity contribution < 1.29 is 4.79 Å². The van der Waals surface area contributed by atoms with Gasteiger partial charge in [0.25, 0.3) is 0 Å². The summed E-state index contributed by atoms with van der Waals surface area (Å²) in [5.74, 6) is 0.137. The van der Waals surface area contributed by atoms with E-state index in [1.165, 1.54) is 11.8 Å². The van der Waals surface area contributed by atoms with Crippen LogP contribution in [0.25, 0.3) is 0 Å². The molecule has 0 aromatic heterocycles. The quantitative estimate of drug-likeness (QED) is 0.753. The van der Waals surface area contributed by atoms with Crippen LogP contribution in [0.4, 0.5) is 5.69 Å². The maximum atomic E-state index is 11.9. The van der Waals surface area contributed by atoms with Gasteiger partial charge in [0.1, 0.15) is 0 Å². The van der Waals surface area contributed by atoms with Gasteiger partial charge >= 0.3 is 0 Å². The number of amides is 1. The molecule has 20 heavy (non-hydrogen) atoms. The standard InChI is InChI=1S/C14H10Cl3NOS/c15-9-2-1-3-11(6-9)20-8-14(19)18-13-5-4-10(16)7-12(13)17/h1-7H,8H2,(H,18,19). The van der Waals surface area contributed by atoms with Crippen LogP contribution in [0.2, 0.25) is 15.1 Å². The molecule has 1 amide bonds. The van der Waals surface area contributed by atoms with E-state index in [1.54, 1.807) is 24.3 Å². The molecule has 0 radical (unpaired) electrons.